The first-order valence-electron chi connectivity index (χ1n) is 20.5. The molecule has 3 aliphatic carbocycles. The first kappa shape index (κ1) is 43.0. The Morgan fingerprint density at radius 3 is 2.41 bits per heavy atom. The van der Waals surface area contributed by atoms with Crippen LogP contribution in [-0.4, -0.2) is 101 Å². The van der Waals surface area contributed by atoms with Crippen molar-refractivity contribution < 1.29 is 59.4 Å². The van der Waals surface area contributed by atoms with Crippen LogP contribution in [0.3, 0.4) is 0 Å². The molecule has 1 saturated heterocycles. The number of hydrogen-bond donors (Lipinski definition) is 1. The van der Waals surface area contributed by atoms with E-state index in [0.717, 1.165) is 4.90 Å². The summed E-state index contributed by atoms with van der Waals surface area (Å²) in [4.78, 5) is 66.3. The highest BCUT2D eigenvalue weighted by Crippen LogP contribution is 2.51. The van der Waals surface area contributed by atoms with Crippen molar-refractivity contribution in [1.29, 1.82) is 0 Å². The van der Waals surface area contributed by atoms with Gasteiger partial charge in [0.15, 0.2) is 21.3 Å². The van der Waals surface area contributed by atoms with Gasteiger partial charge < -0.3 is 24.4 Å². The summed E-state index contributed by atoms with van der Waals surface area (Å²) in [5.74, 6) is -12.3. The summed E-state index contributed by atoms with van der Waals surface area (Å²) in [6.07, 6.45) is -3.73. The van der Waals surface area contributed by atoms with Crippen LogP contribution in [0.15, 0.2) is 18.2 Å². The molecule has 3 heterocycles. The fourth-order valence-electron chi connectivity index (χ4n) is 8.80. The van der Waals surface area contributed by atoms with Crippen molar-refractivity contribution in [3.63, 3.8) is 0 Å². The molecular weight excluding hydrogens is 801 g/mol. The lowest BCUT2D eigenvalue weighted by Gasteiger charge is -2.32. The topological polar surface area (TPSA) is 171 Å². The zero-order valence-corrected chi connectivity index (χ0v) is 34.7. The first-order chi connectivity index (χ1) is 27.7. The molecule has 7 rings (SSSR count). The second-order valence-corrected chi connectivity index (χ2v) is 20.2. The molecule has 13 nitrogen and oxygen atoms in total. The molecule has 4 fully saturated rings. The van der Waals surface area contributed by atoms with Gasteiger partial charge in [-0.25, -0.2) is 27.2 Å². The van der Waals surface area contributed by atoms with Crippen molar-refractivity contribution in [1.82, 2.24) is 20.2 Å². The summed E-state index contributed by atoms with van der Waals surface area (Å²) in [6.45, 7) is 6.22. The number of nitrogens with one attached hydrogen (secondary N) is 1. The van der Waals surface area contributed by atoms with Crippen molar-refractivity contribution in [2.75, 3.05) is 19.4 Å². The van der Waals surface area contributed by atoms with Gasteiger partial charge in [0, 0.05) is 18.4 Å². The van der Waals surface area contributed by atoms with E-state index < -0.39 is 128 Å². The molecule has 2 aliphatic heterocycles. The van der Waals surface area contributed by atoms with E-state index in [1.165, 1.54) is 26.2 Å². The average Bonchev–Trinajstić information content (AvgIpc) is 4.13. The van der Waals surface area contributed by atoms with Crippen LogP contribution < -0.4 is 14.8 Å². The van der Waals surface area contributed by atoms with Gasteiger partial charge in [0.2, 0.25) is 24.1 Å². The van der Waals surface area contributed by atoms with Crippen molar-refractivity contribution in [3.05, 3.63) is 23.9 Å². The number of hydrogen-bond acceptors (Lipinski definition) is 11. The lowest BCUT2D eigenvalue weighted by atomic mass is 9.89. The number of fused-ring (bicyclic) bond motifs is 5. The van der Waals surface area contributed by atoms with Crippen LogP contribution in [-0.2, 0) is 39.7 Å². The number of ether oxygens (including phenoxy) is 3. The zero-order chi connectivity index (χ0) is 42.8. The third-order valence-electron chi connectivity index (χ3n) is 13.2. The fourth-order valence-corrected chi connectivity index (χ4v) is 10.5. The fraction of sp³-hybridized carbons (Fsp3) is 0.707. The van der Waals surface area contributed by atoms with Crippen LogP contribution in [0.4, 0.5) is 17.6 Å². The SMILES string of the molecule is CC[C@@H]1[C@@H]2CN(C(=O)[C@H](C(C)C)CC(=O)O[C@@H]3C[C@H]3CCCCC(F)(F)c3nc4ccc(OC)cc4nc3O2)[C@@H]1C(=O)N[C@]1(C(=O)CS(=O)(=O)C2(C)CC2)C[C@H]1C(F)F. The molecule has 2 aromatic rings. The van der Waals surface area contributed by atoms with Crippen LogP contribution in [0.1, 0.15) is 97.6 Å². The van der Waals surface area contributed by atoms with Crippen molar-refractivity contribution in [2.45, 2.75) is 133 Å². The van der Waals surface area contributed by atoms with Gasteiger partial charge >= 0.3 is 5.97 Å². The predicted octanol–water partition coefficient (Wildman–Crippen LogP) is 5.56. The molecule has 0 unspecified atom stereocenters. The van der Waals surface area contributed by atoms with Gasteiger partial charge in [0.25, 0.3) is 5.92 Å². The molecule has 0 radical (unpaired) electrons. The summed E-state index contributed by atoms with van der Waals surface area (Å²) in [5.41, 5.74) is -2.63. The second kappa shape index (κ2) is 15.7. The molecule has 324 valence electrons. The third-order valence-corrected chi connectivity index (χ3v) is 15.8. The molecule has 8 atom stereocenters. The Bertz CT molecular complexity index is 2120. The molecule has 18 heteroatoms. The van der Waals surface area contributed by atoms with Crippen LogP contribution in [0, 0.1) is 29.6 Å². The van der Waals surface area contributed by atoms with Crippen LogP contribution in [0.25, 0.3) is 11.0 Å². The van der Waals surface area contributed by atoms with E-state index in [1.54, 1.807) is 26.8 Å². The maximum atomic E-state index is 16.3. The number of Topliss-reactive ketones (excluding diaryl/α,β-unsaturated/α-hetero) is 1. The monoisotopic (exact) mass is 852 g/mol. The Kier molecular flexibility index (Phi) is 11.5. The van der Waals surface area contributed by atoms with Crippen molar-refractivity contribution in [3.8, 4) is 11.6 Å². The van der Waals surface area contributed by atoms with Gasteiger partial charge in [-0.05, 0) is 75.8 Å². The highest BCUT2D eigenvalue weighted by Gasteiger charge is 2.67. The van der Waals surface area contributed by atoms with Gasteiger partial charge in [-0.2, -0.15) is 8.78 Å². The number of esters is 1. The van der Waals surface area contributed by atoms with E-state index in [1.807, 2.05) is 0 Å². The van der Waals surface area contributed by atoms with Crippen LogP contribution in [0.5, 0.6) is 11.6 Å². The number of carbonyl (C=O) groups is 4. The first-order valence-corrected chi connectivity index (χ1v) is 22.2. The lowest BCUT2D eigenvalue weighted by Crippen LogP contribution is -2.57. The molecule has 5 aliphatic rings. The number of benzene rings is 1. The maximum absolute atomic E-state index is 16.3. The predicted molar refractivity (Wildman–Crippen MR) is 204 cm³/mol. The molecule has 1 aromatic heterocycles. The van der Waals surface area contributed by atoms with Gasteiger partial charge in [-0.15, -0.1) is 0 Å². The van der Waals surface area contributed by atoms with Crippen molar-refractivity contribution in [2.24, 2.45) is 29.6 Å². The zero-order valence-electron chi connectivity index (χ0n) is 33.8. The lowest BCUT2D eigenvalue weighted by molar-refractivity contribution is -0.153. The number of rotatable bonds is 10. The van der Waals surface area contributed by atoms with E-state index in [2.05, 4.69) is 15.3 Å². The quantitative estimate of drug-likeness (QED) is 0.235. The van der Waals surface area contributed by atoms with Crippen molar-refractivity contribution >= 4 is 44.4 Å². The number of alkyl halides is 4. The van der Waals surface area contributed by atoms with E-state index in [0.29, 0.717) is 37.9 Å². The van der Waals surface area contributed by atoms with Crippen LogP contribution in [0.2, 0.25) is 0 Å². The molecule has 1 N–H and O–H groups in total. The van der Waals surface area contributed by atoms with E-state index in [9.17, 15) is 36.4 Å². The smallest absolute Gasteiger partial charge is 0.306 e. The van der Waals surface area contributed by atoms with Gasteiger partial charge in [-0.3, -0.25) is 19.2 Å². The molecule has 59 heavy (non-hydrogen) atoms. The van der Waals surface area contributed by atoms with Gasteiger partial charge in [0.05, 0.1) is 47.7 Å². The number of sulfone groups is 1. The molecule has 1 aromatic carbocycles. The summed E-state index contributed by atoms with van der Waals surface area (Å²) in [5, 5.41) is 2.48. The van der Waals surface area contributed by atoms with E-state index in [4.69, 9.17) is 14.2 Å². The number of carbonyl (C=O) groups excluding carboxylic acids is 4. The molecular formula is C41H52F4N4O9S. The number of ketones is 1. The Hall–Kier alpha value is -4.09. The number of aromatic nitrogens is 2. The Morgan fingerprint density at radius 1 is 1.05 bits per heavy atom. The summed E-state index contributed by atoms with van der Waals surface area (Å²) >= 11 is 0. The highest BCUT2D eigenvalue weighted by molar-refractivity contribution is 7.93. The second-order valence-electron chi connectivity index (χ2n) is 17.7. The number of halogens is 4. The number of nitrogens with zero attached hydrogens (tertiary/aromatic N) is 3. The molecule has 2 amide bonds. The minimum absolute atomic E-state index is 0.0108. The Labute approximate surface area is 340 Å². The maximum Gasteiger partial charge on any atom is 0.306 e. The normalized spacial score (nSPS) is 31.6. The largest absolute Gasteiger partial charge is 0.497 e. The summed E-state index contributed by atoms with van der Waals surface area (Å²) in [7, 11) is -2.62. The third kappa shape index (κ3) is 8.35. The number of methoxy groups -OCH3 is 1. The average molecular weight is 853 g/mol. The molecule has 0 spiro atoms. The number of amides is 2. The van der Waals surface area contributed by atoms with E-state index in [-0.39, 0.29) is 42.8 Å². The van der Waals surface area contributed by atoms with Gasteiger partial charge in [-0.1, -0.05) is 27.2 Å². The van der Waals surface area contributed by atoms with Crippen LogP contribution >= 0.6 is 0 Å². The summed E-state index contributed by atoms with van der Waals surface area (Å²) in [6, 6.07) is 3.04. The Morgan fingerprint density at radius 2 is 1.78 bits per heavy atom. The molecule has 3 saturated carbocycles. The molecule has 2 bridgehead atoms. The minimum atomic E-state index is -4.05. The van der Waals surface area contributed by atoms with Gasteiger partial charge in [0.1, 0.15) is 35.3 Å². The summed E-state index contributed by atoms with van der Waals surface area (Å²) < 4.78 is 104. The highest BCUT2D eigenvalue weighted by atomic mass is 32.2. The van der Waals surface area contributed by atoms with E-state index >= 15 is 8.78 Å². The minimum Gasteiger partial charge on any atom is -0.497 e. The standard InChI is InChI=1S/C41H52F4N4O9S/c1-6-24-30-19-49(33(24)36(52)48-40(18-26(40)35(42)43)31(50)20-59(54,55)39(4)13-14-39)38(53)25(21(2)3)17-32(51)57-29-15-22(29)9-7-8-12-41(44,45)34-37(58-30)47-28-16-23(56-5)10-11-27(28)46-34/h10-11,16,21-22,24-26,29-30,33,35H,6-9,12-15,17-20H2,1-5H3,(H,48,52)/t22-,24-,25+,26+,29-,30+,33+,40-/m1/s1. The Balaban J connectivity index is 1.29.